The largest absolute Gasteiger partial charge is 0.477 e. The van der Waals surface area contributed by atoms with Crippen LogP contribution in [-0.2, 0) is 10.2 Å². The van der Waals surface area contributed by atoms with E-state index in [0.717, 1.165) is 16.4 Å². The van der Waals surface area contributed by atoms with E-state index in [0.29, 0.717) is 26.1 Å². The second-order valence-corrected chi connectivity index (χ2v) is 8.43. The maximum absolute atomic E-state index is 14.4. The molecule has 2 aromatic rings. The summed E-state index contributed by atoms with van der Waals surface area (Å²) in [6.45, 7) is 2.76. The van der Waals surface area contributed by atoms with Crippen molar-refractivity contribution in [3.63, 3.8) is 0 Å². The van der Waals surface area contributed by atoms with Gasteiger partial charge in [-0.05, 0) is 19.4 Å². The van der Waals surface area contributed by atoms with Crippen LogP contribution in [0, 0.1) is 5.82 Å². The van der Waals surface area contributed by atoms with Gasteiger partial charge < -0.3 is 9.47 Å². The van der Waals surface area contributed by atoms with E-state index in [1.54, 1.807) is 6.92 Å². The van der Waals surface area contributed by atoms with Crippen LogP contribution in [0.3, 0.4) is 0 Å². The molecule has 0 aliphatic carbocycles. The zero-order valence-electron chi connectivity index (χ0n) is 15.1. The van der Waals surface area contributed by atoms with Crippen LogP contribution in [0.25, 0.3) is 0 Å². The van der Waals surface area contributed by atoms with Crippen LogP contribution in [0.5, 0.6) is 17.4 Å². The van der Waals surface area contributed by atoms with Crippen molar-refractivity contribution >= 4 is 39.3 Å². The highest BCUT2D eigenvalue weighted by atomic mass is 35.5. The van der Waals surface area contributed by atoms with Crippen molar-refractivity contribution in [3.8, 4) is 17.4 Å². The predicted molar refractivity (Wildman–Crippen MR) is 104 cm³/mol. The van der Waals surface area contributed by atoms with Crippen LogP contribution < -0.4 is 14.2 Å². The third kappa shape index (κ3) is 4.89. The van der Waals surface area contributed by atoms with Crippen LogP contribution >= 0.6 is 23.2 Å². The van der Waals surface area contributed by atoms with Crippen LogP contribution in [0.2, 0.25) is 10.0 Å². The minimum Gasteiger partial charge on any atom is -0.477 e. The quantitative estimate of drug-likeness (QED) is 0.675. The normalized spacial score (nSPS) is 14.2. The van der Waals surface area contributed by atoms with Crippen LogP contribution in [0.4, 0.5) is 4.39 Å². The topological polar surface area (TPSA) is 97.8 Å². The van der Waals surface area contributed by atoms with E-state index < -0.39 is 27.5 Å². The Morgan fingerprint density at radius 2 is 2.00 bits per heavy atom. The van der Waals surface area contributed by atoms with Crippen molar-refractivity contribution in [2.24, 2.45) is 0 Å². The molecule has 8 nitrogen and oxygen atoms in total. The molecule has 12 heteroatoms. The molecule has 1 aromatic carbocycles. The molecular weight excluding hydrogens is 448 g/mol. The summed E-state index contributed by atoms with van der Waals surface area (Å²) in [7, 11) is -4.01. The smallest absolute Gasteiger partial charge is 0.304 e. The van der Waals surface area contributed by atoms with Crippen molar-refractivity contribution in [3.05, 3.63) is 45.8 Å². The average Bonchev–Trinajstić information content (AvgIpc) is 2.57. The first-order valence-corrected chi connectivity index (χ1v) is 10.7. The number of halogens is 3. The molecule has 29 heavy (non-hydrogen) atoms. The summed E-state index contributed by atoms with van der Waals surface area (Å²) in [5, 5.41) is 0.0797. The summed E-state index contributed by atoms with van der Waals surface area (Å²) in [6.07, 6.45) is 2.01. The Bertz CT molecular complexity index is 1050. The van der Waals surface area contributed by atoms with Crippen molar-refractivity contribution in [2.75, 3.05) is 19.7 Å². The van der Waals surface area contributed by atoms with E-state index in [2.05, 4.69) is 4.98 Å². The van der Waals surface area contributed by atoms with Gasteiger partial charge in [-0.25, -0.2) is 14.1 Å². The van der Waals surface area contributed by atoms with Gasteiger partial charge in [-0.15, -0.1) is 0 Å². The molecule has 0 atom stereocenters. The van der Waals surface area contributed by atoms with E-state index in [1.165, 1.54) is 12.3 Å². The van der Waals surface area contributed by atoms with Gasteiger partial charge in [0.15, 0.2) is 0 Å². The van der Waals surface area contributed by atoms with E-state index in [1.807, 2.05) is 4.72 Å². The van der Waals surface area contributed by atoms with Crippen LogP contribution in [0.1, 0.15) is 23.7 Å². The third-order valence-corrected chi connectivity index (χ3v) is 5.99. The molecule has 1 aliphatic rings. The second-order valence-electron chi connectivity index (χ2n) is 5.94. The fraction of sp³-hybridized carbons (Fsp3) is 0.294. The lowest BCUT2D eigenvalue weighted by Gasteiger charge is -2.29. The Morgan fingerprint density at radius 3 is 2.59 bits per heavy atom. The summed E-state index contributed by atoms with van der Waals surface area (Å²) >= 11 is 12.1. The number of carbonyl (C=O) groups is 1. The second kappa shape index (κ2) is 8.70. The fourth-order valence-corrected chi connectivity index (χ4v) is 4.00. The molecule has 0 unspecified atom stereocenters. The molecule has 1 saturated heterocycles. The SMILES string of the molecule is CCOc1ncc(Oc2cc(F)c(C(=O)NS(=O)(=O)N3CCC3)cc2Cl)cc1Cl. The first kappa shape index (κ1) is 21.6. The highest BCUT2D eigenvalue weighted by Gasteiger charge is 2.30. The van der Waals surface area contributed by atoms with Gasteiger partial charge in [0.25, 0.3) is 5.91 Å². The Morgan fingerprint density at radius 1 is 1.28 bits per heavy atom. The molecule has 0 bridgehead atoms. The van der Waals surface area contributed by atoms with Gasteiger partial charge >= 0.3 is 10.2 Å². The van der Waals surface area contributed by atoms with Crippen LogP contribution in [-0.4, -0.2) is 43.3 Å². The van der Waals surface area contributed by atoms with Gasteiger partial charge in [0.05, 0.1) is 23.4 Å². The highest BCUT2D eigenvalue weighted by Crippen LogP contribution is 2.34. The molecule has 156 valence electrons. The summed E-state index contributed by atoms with van der Waals surface area (Å²) < 4.78 is 52.0. The van der Waals surface area contributed by atoms with E-state index in [-0.39, 0.29) is 27.4 Å². The molecule has 1 aliphatic heterocycles. The van der Waals surface area contributed by atoms with Gasteiger partial charge in [-0.2, -0.15) is 12.7 Å². The van der Waals surface area contributed by atoms with Crippen molar-refractivity contribution in [1.82, 2.24) is 14.0 Å². The minimum atomic E-state index is -4.01. The molecule has 3 rings (SSSR count). The molecular formula is C17H16Cl2FN3O5S. The average molecular weight is 464 g/mol. The summed E-state index contributed by atoms with van der Waals surface area (Å²) in [6, 6.07) is 3.27. The highest BCUT2D eigenvalue weighted by molar-refractivity contribution is 7.87. The Balaban J connectivity index is 1.78. The summed E-state index contributed by atoms with van der Waals surface area (Å²) in [5.41, 5.74) is -0.533. The molecule has 1 aromatic heterocycles. The Hall–Kier alpha value is -2.14. The number of nitrogens with one attached hydrogen (secondary N) is 1. The lowest BCUT2D eigenvalue weighted by Crippen LogP contribution is -2.49. The van der Waals surface area contributed by atoms with Crippen LogP contribution in [0.15, 0.2) is 24.4 Å². The maximum Gasteiger partial charge on any atom is 0.304 e. The summed E-state index contributed by atoms with van der Waals surface area (Å²) in [4.78, 5) is 16.2. The number of amides is 1. The fourth-order valence-electron chi connectivity index (χ4n) is 2.38. The number of ether oxygens (including phenoxy) is 2. The Kier molecular flexibility index (Phi) is 6.47. The van der Waals surface area contributed by atoms with E-state index >= 15 is 0 Å². The first-order valence-electron chi connectivity index (χ1n) is 8.48. The molecule has 1 amide bonds. The molecule has 0 radical (unpaired) electrons. The first-order chi connectivity index (χ1) is 13.7. The molecule has 1 fully saturated rings. The monoisotopic (exact) mass is 463 g/mol. The van der Waals surface area contributed by atoms with Gasteiger partial charge in [0, 0.05) is 25.2 Å². The number of rotatable bonds is 7. The van der Waals surface area contributed by atoms with Crippen molar-refractivity contribution in [1.29, 1.82) is 0 Å². The van der Waals surface area contributed by atoms with Gasteiger partial charge in [0.1, 0.15) is 22.3 Å². The number of nitrogens with zero attached hydrogens (tertiary/aromatic N) is 2. The minimum absolute atomic E-state index is 0.103. The van der Waals surface area contributed by atoms with Crippen molar-refractivity contribution in [2.45, 2.75) is 13.3 Å². The molecule has 1 N–H and O–H groups in total. The van der Waals surface area contributed by atoms with Gasteiger partial charge in [-0.1, -0.05) is 23.2 Å². The standard InChI is InChI=1S/C17H16Cl2FN3O5S/c1-2-27-17-13(19)6-10(9-21-17)28-15-8-14(20)11(7-12(15)18)16(24)22-29(25,26)23-4-3-5-23/h6-9H,2-5H2,1H3,(H,22,24). The lowest BCUT2D eigenvalue weighted by atomic mass is 10.2. The number of carbonyl (C=O) groups excluding carboxylic acids is 1. The molecule has 0 saturated carbocycles. The molecule has 0 spiro atoms. The number of aromatic nitrogens is 1. The Labute approximate surface area is 176 Å². The molecule has 2 heterocycles. The van der Waals surface area contributed by atoms with E-state index in [4.69, 9.17) is 32.7 Å². The number of hydrogen-bond donors (Lipinski definition) is 1. The number of benzene rings is 1. The number of hydrogen-bond acceptors (Lipinski definition) is 6. The number of pyridine rings is 1. The maximum atomic E-state index is 14.4. The third-order valence-electron chi connectivity index (χ3n) is 3.93. The van der Waals surface area contributed by atoms with Gasteiger partial charge in [-0.3, -0.25) is 4.79 Å². The van der Waals surface area contributed by atoms with Crippen molar-refractivity contribution < 1.29 is 27.1 Å². The predicted octanol–water partition coefficient (Wildman–Crippen LogP) is 3.40. The summed E-state index contributed by atoms with van der Waals surface area (Å²) in [5.74, 6) is -1.86. The lowest BCUT2D eigenvalue weighted by molar-refractivity contribution is 0.0973. The zero-order valence-corrected chi connectivity index (χ0v) is 17.4. The zero-order chi connectivity index (χ0) is 21.2. The van der Waals surface area contributed by atoms with E-state index in [9.17, 15) is 17.6 Å². The van der Waals surface area contributed by atoms with Gasteiger partial charge in [0.2, 0.25) is 5.88 Å².